The molecule has 0 saturated carbocycles. The molecule has 0 bridgehead atoms. The van der Waals surface area contributed by atoms with Gasteiger partial charge in [-0.2, -0.15) is 4.37 Å². The predicted octanol–water partition coefficient (Wildman–Crippen LogP) is 3.51. The maximum Gasteiger partial charge on any atom is 0.138 e. The van der Waals surface area contributed by atoms with Crippen molar-refractivity contribution in [3.8, 4) is 0 Å². The van der Waals surface area contributed by atoms with Crippen molar-refractivity contribution in [1.82, 2.24) is 9.53 Å². The molecule has 0 aliphatic heterocycles. The number of aromatic nitrogens is 2. The lowest BCUT2D eigenvalue weighted by Crippen LogP contribution is -2.00. The van der Waals surface area contributed by atoms with Gasteiger partial charge in [-0.1, -0.05) is 17.3 Å². The largest absolute Gasteiger partial charge is 0.371 e. The Morgan fingerprint density at radius 1 is 1.28 bits per heavy atom. The smallest absolute Gasteiger partial charge is 0.138 e. The Bertz CT molecular complexity index is 667. The van der Waals surface area contributed by atoms with Crippen LogP contribution in [0.15, 0.2) is 28.8 Å². The zero-order valence-corrected chi connectivity index (χ0v) is 11.0. The van der Waals surface area contributed by atoms with Crippen molar-refractivity contribution in [2.24, 2.45) is 0 Å². The molecule has 1 aromatic carbocycles. The highest BCUT2D eigenvalue weighted by Crippen LogP contribution is 2.28. The summed E-state index contributed by atoms with van der Waals surface area (Å²) in [4.78, 5) is 0. The van der Waals surface area contributed by atoms with Gasteiger partial charge in [0.15, 0.2) is 0 Å². The first-order valence-corrected chi connectivity index (χ1v) is 6.53. The maximum atomic E-state index is 5.15. The molecule has 0 spiro atoms. The lowest BCUT2D eigenvalue weighted by molar-refractivity contribution is 0.392. The molecular formula is C13H13N3OS. The molecule has 0 radical (unpaired) electrons. The fraction of sp³-hybridized carbons (Fsp3) is 0.231. The summed E-state index contributed by atoms with van der Waals surface area (Å²) >= 11 is 1.48. The first kappa shape index (κ1) is 11.2. The Balaban J connectivity index is 1.85. The van der Waals surface area contributed by atoms with E-state index >= 15 is 0 Å². The molecule has 2 heterocycles. The van der Waals surface area contributed by atoms with Crippen molar-refractivity contribution in [3.63, 3.8) is 0 Å². The van der Waals surface area contributed by atoms with Crippen LogP contribution < -0.4 is 5.32 Å². The molecule has 3 rings (SSSR count). The summed E-state index contributed by atoms with van der Waals surface area (Å²) in [5.74, 6) is 0.869. The van der Waals surface area contributed by atoms with Gasteiger partial charge in [-0.3, -0.25) is 0 Å². The zero-order chi connectivity index (χ0) is 12.5. The Morgan fingerprint density at radius 3 is 2.89 bits per heavy atom. The number of fused-ring (bicyclic) bond motifs is 1. The molecule has 3 aromatic rings. The average Bonchev–Trinajstić information content (AvgIpc) is 2.93. The van der Waals surface area contributed by atoms with Crippen molar-refractivity contribution >= 4 is 27.4 Å². The SMILES string of the molecule is Cc1noc(C)c1CNc1snc2ccccc12. The molecule has 0 unspecified atom stereocenters. The maximum absolute atomic E-state index is 5.15. The van der Waals surface area contributed by atoms with Gasteiger partial charge in [-0.15, -0.1) is 0 Å². The van der Waals surface area contributed by atoms with Crippen LogP contribution in [0.5, 0.6) is 0 Å². The van der Waals surface area contributed by atoms with Gasteiger partial charge in [0.2, 0.25) is 0 Å². The Kier molecular flexibility index (Phi) is 2.76. The van der Waals surface area contributed by atoms with E-state index in [1.807, 2.05) is 32.0 Å². The van der Waals surface area contributed by atoms with E-state index in [-0.39, 0.29) is 0 Å². The van der Waals surface area contributed by atoms with E-state index in [9.17, 15) is 0 Å². The highest BCUT2D eigenvalue weighted by atomic mass is 32.1. The van der Waals surface area contributed by atoms with E-state index in [2.05, 4.69) is 20.9 Å². The number of hydrogen-bond acceptors (Lipinski definition) is 5. The van der Waals surface area contributed by atoms with Crippen molar-refractivity contribution < 1.29 is 4.52 Å². The lowest BCUT2D eigenvalue weighted by atomic mass is 10.2. The number of nitrogens with zero attached hydrogens (tertiary/aromatic N) is 2. The highest BCUT2D eigenvalue weighted by molar-refractivity contribution is 7.11. The first-order valence-electron chi connectivity index (χ1n) is 5.76. The molecule has 0 saturated heterocycles. The van der Waals surface area contributed by atoms with Crippen molar-refractivity contribution in [2.45, 2.75) is 20.4 Å². The number of nitrogens with one attached hydrogen (secondary N) is 1. The van der Waals surface area contributed by atoms with Crippen LogP contribution in [-0.4, -0.2) is 9.53 Å². The van der Waals surface area contributed by atoms with Gasteiger partial charge < -0.3 is 9.84 Å². The van der Waals surface area contributed by atoms with Crippen LogP contribution in [0.4, 0.5) is 5.00 Å². The second kappa shape index (κ2) is 4.42. The van der Waals surface area contributed by atoms with Gasteiger partial charge in [-0.05, 0) is 37.5 Å². The van der Waals surface area contributed by atoms with Crippen LogP contribution in [0.1, 0.15) is 17.0 Å². The minimum Gasteiger partial charge on any atom is -0.371 e. The Labute approximate surface area is 109 Å². The number of aryl methyl sites for hydroxylation is 2. The van der Waals surface area contributed by atoms with Gasteiger partial charge in [0, 0.05) is 17.5 Å². The summed E-state index contributed by atoms with van der Waals surface area (Å²) in [6, 6.07) is 8.12. The molecule has 2 aromatic heterocycles. The minimum atomic E-state index is 0.716. The standard InChI is InChI=1S/C13H13N3OS/c1-8-11(9(2)17-15-8)7-14-13-10-5-3-4-6-12(10)16-18-13/h3-6,14H,7H2,1-2H3. The van der Waals surface area contributed by atoms with Crippen molar-refractivity contribution in [3.05, 3.63) is 41.3 Å². The Hall–Kier alpha value is -1.88. The van der Waals surface area contributed by atoms with Gasteiger partial charge in [0.1, 0.15) is 10.8 Å². The van der Waals surface area contributed by atoms with Crippen molar-refractivity contribution in [2.75, 3.05) is 5.32 Å². The van der Waals surface area contributed by atoms with E-state index in [0.29, 0.717) is 6.54 Å². The summed E-state index contributed by atoms with van der Waals surface area (Å²) in [7, 11) is 0. The Morgan fingerprint density at radius 2 is 2.11 bits per heavy atom. The summed E-state index contributed by atoms with van der Waals surface area (Å²) in [5, 5.41) is 9.61. The van der Waals surface area contributed by atoms with Crippen LogP contribution in [0.25, 0.3) is 10.9 Å². The summed E-state index contributed by atoms with van der Waals surface area (Å²) in [5.41, 5.74) is 3.09. The third-order valence-corrected chi connectivity index (χ3v) is 3.83. The third kappa shape index (κ3) is 1.86. The number of hydrogen-bond donors (Lipinski definition) is 1. The number of benzene rings is 1. The highest BCUT2D eigenvalue weighted by Gasteiger charge is 2.10. The quantitative estimate of drug-likeness (QED) is 0.782. The average molecular weight is 259 g/mol. The van der Waals surface area contributed by atoms with Crippen molar-refractivity contribution in [1.29, 1.82) is 0 Å². The molecule has 92 valence electrons. The first-order chi connectivity index (χ1) is 8.75. The van der Waals surface area contributed by atoms with E-state index in [1.165, 1.54) is 11.5 Å². The molecule has 4 nitrogen and oxygen atoms in total. The lowest BCUT2D eigenvalue weighted by Gasteiger charge is -2.03. The van der Waals surface area contributed by atoms with E-state index in [4.69, 9.17) is 4.52 Å². The number of anilines is 1. The molecule has 0 aliphatic rings. The third-order valence-electron chi connectivity index (χ3n) is 2.99. The van der Waals surface area contributed by atoms with Gasteiger partial charge in [0.05, 0.1) is 11.2 Å². The zero-order valence-electron chi connectivity index (χ0n) is 10.2. The van der Waals surface area contributed by atoms with Crippen LogP contribution in [0.3, 0.4) is 0 Å². The van der Waals surface area contributed by atoms with Gasteiger partial charge in [-0.25, -0.2) is 0 Å². The topological polar surface area (TPSA) is 51.0 Å². The van der Waals surface area contributed by atoms with Crippen LogP contribution in [0.2, 0.25) is 0 Å². The van der Waals surface area contributed by atoms with Crippen LogP contribution in [-0.2, 0) is 6.54 Å². The second-order valence-electron chi connectivity index (χ2n) is 4.19. The molecule has 0 atom stereocenters. The second-order valence-corrected chi connectivity index (χ2v) is 4.96. The van der Waals surface area contributed by atoms with E-state index in [1.54, 1.807) is 0 Å². The normalized spacial score (nSPS) is 11.0. The van der Waals surface area contributed by atoms with Crippen LogP contribution >= 0.6 is 11.5 Å². The van der Waals surface area contributed by atoms with Gasteiger partial charge >= 0.3 is 0 Å². The monoisotopic (exact) mass is 259 g/mol. The molecular weight excluding hydrogens is 246 g/mol. The fourth-order valence-corrected chi connectivity index (χ4v) is 2.70. The molecule has 0 aliphatic carbocycles. The van der Waals surface area contributed by atoms with Gasteiger partial charge in [0.25, 0.3) is 0 Å². The van der Waals surface area contributed by atoms with Crippen LogP contribution in [0, 0.1) is 13.8 Å². The molecule has 0 fully saturated rings. The summed E-state index contributed by atoms with van der Waals surface area (Å²) < 4.78 is 9.55. The molecule has 1 N–H and O–H groups in total. The predicted molar refractivity (Wildman–Crippen MR) is 72.9 cm³/mol. The minimum absolute atomic E-state index is 0.716. The summed E-state index contributed by atoms with van der Waals surface area (Å²) in [6.07, 6.45) is 0. The van der Waals surface area contributed by atoms with E-state index in [0.717, 1.165) is 32.9 Å². The molecule has 5 heteroatoms. The molecule has 18 heavy (non-hydrogen) atoms. The number of rotatable bonds is 3. The fourth-order valence-electron chi connectivity index (χ4n) is 1.94. The molecule has 0 amide bonds. The van der Waals surface area contributed by atoms with E-state index < -0.39 is 0 Å². The summed E-state index contributed by atoms with van der Waals surface area (Å²) in [6.45, 7) is 4.60.